The minimum atomic E-state index is -4.34. The first-order valence-corrected chi connectivity index (χ1v) is 8.46. The first-order valence-electron chi connectivity index (χ1n) is 6.67. The fourth-order valence-electron chi connectivity index (χ4n) is 2.27. The molecule has 120 valence electrons. The van der Waals surface area contributed by atoms with E-state index < -0.39 is 19.4 Å². The van der Waals surface area contributed by atoms with Gasteiger partial charge in [0, 0.05) is 0 Å². The number of nitrogens with two attached hydrogens (primary N) is 1. The predicted octanol–water partition coefficient (Wildman–Crippen LogP) is 0.428. The van der Waals surface area contributed by atoms with Crippen molar-refractivity contribution in [1.82, 2.24) is 19.5 Å². The molecule has 0 amide bonds. The van der Waals surface area contributed by atoms with Crippen LogP contribution in [0.1, 0.15) is 11.4 Å². The van der Waals surface area contributed by atoms with Crippen LogP contribution in [0.4, 0.5) is 5.82 Å². The largest absolute Gasteiger partial charge is 0.382 e. The number of nitrogens with one attached hydrogen (secondary N) is 1. The smallest absolute Gasteiger partial charge is 0.333 e. The van der Waals surface area contributed by atoms with Crippen LogP contribution in [0.3, 0.4) is 0 Å². The molecule has 0 atom stereocenters. The van der Waals surface area contributed by atoms with Gasteiger partial charge in [0.25, 0.3) is 0 Å². The predicted molar refractivity (Wildman–Crippen MR) is 83.9 cm³/mol. The second-order valence-electron chi connectivity index (χ2n) is 5.05. The molecule has 3 aromatic rings. The Morgan fingerprint density at radius 2 is 1.91 bits per heavy atom. The summed E-state index contributed by atoms with van der Waals surface area (Å²) in [5.74, 6) is -0.133. The maximum Gasteiger partial charge on any atom is 0.333 e. The summed E-state index contributed by atoms with van der Waals surface area (Å²) in [6.07, 6.45) is -0.641. The van der Waals surface area contributed by atoms with Gasteiger partial charge in [0.15, 0.2) is 11.5 Å². The highest BCUT2D eigenvalue weighted by Crippen LogP contribution is 2.38. The van der Waals surface area contributed by atoms with Crippen molar-refractivity contribution in [2.24, 2.45) is 0 Å². The summed E-state index contributed by atoms with van der Waals surface area (Å²) >= 11 is 0. The maximum atomic E-state index is 12.1. The lowest BCUT2D eigenvalue weighted by atomic mass is 10.2. The molecule has 2 heterocycles. The van der Waals surface area contributed by atoms with Gasteiger partial charge in [-0.05, 0) is 5.56 Å². The molecule has 5 N–H and O–H groups in total. The number of rotatable bonds is 4. The minimum absolute atomic E-state index is 0.0256. The van der Waals surface area contributed by atoms with Crippen LogP contribution in [0.15, 0.2) is 35.1 Å². The molecule has 0 spiro atoms. The van der Waals surface area contributed by atoms with Gasteiger partial charge in [-0.2, -0.15) is 0 Å². The van der Waals surface area contributed by atoms with Crippen molar-refractivity contribution in [2.75, 3.05) is 5.73 Å². The standard InChI is InChI=1S/C13H14N5O4P/c14-11-10-12(16-9(15-11)7-23(20,21)22)18(13(19)17-10)6-8-4-2-1-3-5-8/h1-5H,6-7H2,(H,17,19)(H2,14,15,16)(H2,20,21,22). The highest BCUT2D eigenvalue weighted by molar-refractivity contribution is 7.50. The van der Waals surface area contributed by atoms with E-state index in [9.17, 15) is 9.36 Å². The summed E-state index contributed by atoms with van der Waals surface area (Å²) in [6, 6.07) is 9.26. The van der Waals surface area contributed by atoms with Crippen LogP contribution in [0.5, 0.6) is 0 Å². The molecule has 0 unspecified atom stereocenters. The molecule has 9 nitrogen and oxygen atoms in total. The zero-order chi connectivity index (χ0) is 16.6. The van der Waals surface area contributed by atoms with E-state index in [-0.39, 0.29) is 29.4 Å². The van der Waals surface area contributed by atoms with Crippen molar-refractivity contribution in [3.63, 3.8) is 0 Å². The Balaban J connectivity index is 2.12. The fourth-order valence-corrected chi connectivity index (χ4v) is 2.78. The van der Waals surface area contributed by atoms with E-state index in [4.69, 9.17) is 15.5 Å². The number of anilines is 1. The zero-order valence-electron chi connectivity index (χ0n) is 11.9. The molecule has 2 aromatic heterocycles. The highest BCUT2D eigenvalue weighted by atomic mass is 31.2. The summed E-state index contributed by atoms with van der Waals surface area (Å²) in [5, 5.41) is 0. The molecular formula is C13H14N5O4P. The molecular weight excluding hydrogens is 321 g/mol. The van der Waals surface area contributed by atoms with Gasteiger partial charge in [-0.15, -0.1) is 0 Å². The van der Waals surface area contributed by atoms with Crippen LogP contribution in [-0.2, 0) is 17.3 Å². The zero-order valence-corrected chi connectivity index (χ0v) is 12.8. The first kappa shape index (κ1) is 15.4. The van der Waals surface area contributed by atoms with Gasteiger partial charge in [-0.25, -0.2) is 14.8 Å². The number of nitrogens with zero attached hydrogens (tertiary/aromatic N) is 3. The van der Waals surface area contributed by atoms with E-state index in [1.165, 1.54) is 4.57 Å². The lowest BCUT2D eigenvalue weighted by molar-refractivity contribution is 0.370. The summed E-state index contributed by atoms with van der Waals surface area (Å²) < 4.78 is 12.5. The molecule has 0 bridgehead atoms. The molecule has 0 saturated carbocycles. The van der Waals surface area contributed by atoms with Crippen LogP contribution < -0.4 is 11.4 Å². The van der Waals surface area contributed by atoms with Gasteiger partial charge in [0.05, 0.1) is 6.54 Å². The van der Waals surface area contributed by atoms with Crippen LogP contribution >= 0.6 is 7.60 Å². The van der Waals surface area contributed by atoms with E-state index in [1.54, 1.807) is 0 Å². The molecule has 0 radical (unpaired) electrons. The fraction of sp³-hybridized carbons (Fsp3) is 0.154. The van der Waals surface area contributed by atoms with Crippen molar-refractivity contribution in [3.05, 3.63) is 52.2 Å². The van der Waals surface area contributed by atoms with Crippen LogP contribution in [-0.4, -0.2) is 29.3 Å². The molecule has 0 fully saturated rings. The summed E-state index contributed by atoms with van der Waals surface area (Å²) in [5.41, 5.74) is 6.69. The molecule has 0 aliphatic heterocycles. The van der Waals surface area contributed by atoms with Gasteiger partial charge in [-0.1, -0.05) is 30.3 Å². The SMILES string of the molecule is Nc1nc(CP(=O)(O)O)nc2c1[nH]c(=O)n2Cc1ccccc1. The van der Waals surface area contributed by atoms with E-state index in [0.717, 1.165) is 5.56 Å². The number of nitrogen functional groups attached to an aromatic ring is 1. The van der Waals surface area contributed by atoms with Crippen molar-refractivity contribution >= 4 is 24.6 Å². The number of aromatic nitrogens is 4. The third kappa shape index (κ3) is 3.31. The molecule has 3 rings (SSSR count). The van der Waals surface area contributed by atoms with Gasteiger partial charge in [-0.3, -0.25) is 9.13 Å². The number of fused-ring (bicyclic) bond motifs is 1. The normalized spacial score (nSPS) is 11.9. The monoisotopic (exact) mass is 335 g/mol. The number of benzene rings is 1. The average molecular weight is 335 g/mol. The summed E-state index contributed by atoms with van der Waals surface area (Å²) in [6.45, 7) is 0.255. The quantitative estimate of drug-likeness (QED) is 0.505. The second-order valence-corrected chi connectivity index (χ2v) is 6.69. The highest BCUT2D eigenvalue weighted by Gasteiger charge is 2.20. The van der Waals surface area contributed by atoms with Crippen molar-refractivity contribution in [2.45, 2.75) is 12.7 Å². The Morgan fingerprint density at radius 3 is 2.57 bits per heavy atom. The lowest BCUT2D eigenvalue weighted by Gasteiger charge is -2.06. The maximum absolute atomic E-state index is 12.1. The van der Waals surface area contributed by atoms with E-state index in [1.807, 2.05) is 30.3 Å². The van der Waals surface area contributed by atoms with E-state index >= 15 is 0 Å². The van der Waals surface area contributed by atoms with Crippen LogP contribution in [0.2, 0.25) is 0 Å². The van der Waals surface area contributed by atoms with Crippen molar-refractivity contribution < 1.29 is 14.4 Å². The summed E-state index contributed by atoms with van der Waals surface area (Å²) in [7, 11) is -4.34. The Morgan fingerprint density at radius 1 is 1.22 bits per heavy atom. The number of hydrogen-bond acceptors (Lipinski definition) is 5. The molecule has 10 heteroatoms. The Hall–Kier alpha value is -2.48. The number of imidazole rings is 1. The van der Waals surface area contributed by atoms with Gasteiger partial charge in [0.1, 0.15) is 17.5 Å². The van der Waals surface area contributed by atoms with Crippen LogP contribution in [0.25, 0.3) is 11.2 Å². The Labute approximate surface area is 130 Å². The Bertz CT molecular complexity index is 960. The number of H-pyrrole nitrogens is 1. The van der Waals surface area contributed by atoms with Gasteiger partial charge < -0.3 is 20.5 Å². The molecule has 0 aliphatic rings. The van der Waals surface area contributed by atoms with Gasteiger partial charge >= 0.3 is 13.3 Å². The minimum Gasteiger partial charge on any atom is -0.382 e. The second kappa shape index (κ2) is 5.62. The number of aromatic amines is 1. The van der Waals surface area contributed by atoms with E-state index in [2.05, 4.69) is 15.0 Å². The Kier molecular flexibility index (Phi) is 3.77. The lowest BCUT2D eigenvalue weighted by Crippen LogP contribution is -2.17. The van der Waals surface area contributed by atoms with Crippen molar-refractivity contribution in [3.8, 4) is 0 Å². The average Bonchev–Trinajstić information content (AvgIpc) is 2.76. The van der Waals surface area contributed by atoms with E-state index in [0.29, 0.717) is 0 Å². The third-order valence-electron chi connectivity index (χ3n) is 3.23. The molecule has 0 saturated heterocycles. The molecule has 23 heavy (non-hydrogen) atoms. The summed E-state index contributed by atoms with van der Waals surface area (Å²) in [4.78, 5) is 40.7. The van der Waals surface area contributed by atoms with Crippen LogP contribution in [0, 0.1) is 0 Å². The van der Waals surface area contributed by atoms with Crippen molar-refractivity contribution in [1.29, 1.82) is 0 Å². The number of hydrogen-bond donors (Lipinski definition) is 4. The topological polar surface area (TPSA) is 147 Å². The van der Waals surface area contributed by atoms with Gasteiger partial charge in [0.2, 0.25) is 0 Å². The molecule has 1 aromatic carbocycles. The third-order valence-corrected chi connectivity index (χ3v) is 3.92. The molecule has 0 aliphatic carbocycles. The first-order chi connectivity index (χ1) is 10.8.